The SMILES string of the molecule is CCc1ccc(CN2CCc3c(C(=O)NCCC(F)(F)F)csc3C2)nc1. The van der Waals surface area contributed by atoms with Gasteiger partial charge in [-0.15, -0.1) is 11.3 Å². The van der Waals surface area contributed by atoms with Gasteiger partial charge in [-0.25, -0.2) is 0 Å². The average molecular weight is 397 g/mol. The second kappa shape index (κ2) is 8.39. The number of aromatic nitrogens is 1. The number of hydrogen-bond donors (Lipinski definition) is 1. The number of pyridine rings is 1. The van der Waals surface area contributed by atoms with Gasteiger partial charge in [-0.05, 0) is 30.0 Å². The van der Waals surface area contributed by atoms with E-state index in [1.165, 1.54) is 16.9 Å². The van der Waals surface area contributed by atoms with E-state index in [4.69, 9.17) is 0 Å². The Bertz CT molecular complexity index is 786. The molecule has 0 saturated carbocycles. The van der Waals surface area contributed by atoms with Crippen LogP contribution in [0.2, 0.25) is 0 Å². The van der Waals surface area contributed by atoms with Gasteiger partial charge in [0.05, 0.1) is 17.7 Å². The maximum absolute atomic E-state index is 12.2. The Balaban J connectivity index is 1.58. The van der Waals surface area contributed by atoms with Gasteiger partial charge in [0.15, 0.2) is 0 Å². The minimum Gasteiger partial charge on any atom is -0.352 e. The quantitative estimate of drug-likeness (QED) is 0.803. The number of carbonyl (C=O) groups is 1. The lowest BCUT2D eigenvalue weighted by molar-refractivity contribution is -0.132. The predicted molar refractivity (Wildman–Crippen MR) is 98.8 cm³/mol. The average Bonchev–Trinajstić information content (AvgIpc) is 3.04. The van der Waals surface area contributed by atoms with Crippen molar-refractivity contribution in [3.05, 3.63) is 51.0 Å². The molecule has 2 aromatic rings. The Labute approximate surface area is 160 Å². The highest BCUT2D eigenvalue weighted by atomic mass is 32.1. The van der Waals surface area contributed by atoms with Crippen LogP contribution in [0, 0.1) is 0 Å². The molecule has 4 nitrogen and oxygen atoms in total. The summed E-state index contributed by atoms with van der Waals surface area (Å²) in [5.74, 6) is -0.415. The molecule has 8 heteroatoms. The third-order valence-corrected chi connectivity index (χ3v) is 5.66. The van der Waals surface area contributed by atoms with Gasteiger partial charge in [0, 0.05) is 42.6 Å². The monoisotopic (exact) mass is 397 g/mol. The summed E-state index contributed by atoms with van der Waals surface area (Å²) >= 11 is 1.49. The molecule has 0 spiro atoms. The Hall–Kier alpha value is -1.93. The first-order valence-electron chi connectivity index (χ1n) is 8.96. The van der Waals surface area contributed by atoms with Crippen molar-refractivity contribution >= 4 is 17.2 Å². The van der Waals surface area contributed by atoms with Crippen LogP contribution in [0.5, 0.6) is 0 Å². The van der Waals surface area contributed by atoms with E-state index in [2.05, 4.69) is 28.2 Å². The molecular weight excluding hydrogens is 375 g/mol. The van der Waals surface area contributed by atoms with Gasteiger partial charge in [-0.3, -0.25) is 14.7 Å². The first-order valence-corrected chi connectivity index (χ1v) is 9.84. The zero-order valence-corrected chi connectivity index (χ0v) is 15.9. The molecule has 0 aromatic carbocycles. The largest absolute Gasteiger partial charge is 0.390 e. The summed E-state index contributed by atoms with van der Waals surface area (Å²) in [5, 5.41) is 4.13. The summed E-state index contributed by atoms with van der Waals surface area (Å²) in [6.45, 7) is 3.97. The molecule has 2 aromatic heterocycles. The highest BCUT2D eigenvalue weighted by Gasteiger charge is 2.28. The molecule has 1 N–H and O–H groups in total. The predicted octanol–water partition coefficient (Wildman–Crippen LogP) is 3.95. The third-order valence-electron chi connectivity index (χ3n) is 4.64. The van der Waals surface area contributed by atoms with Crippen LogP contribution in [0.15, 0.2) is 23.7 Å². The van der Waals surface area contributed by atoms with E-state index in [-0.39, 0.29) is 0 Å². The van der Waals surface area contributed by atoms with Gasteiger partial charge in [0.25, 0.3) is 5.91 Å². The molecule has 27 heavy (non-hydrogen) atoms. The van der Waals surface area contributed by atoms with Crippen molar-refractivity contribution in [3.8, 4) is 0 Å². The van der Waals surface area contributed by atoms with Crippen molar-refractivity contribution in [2.45, 2.75) is 45.5 Å². The summed E-state index contributed by atoms with van der Waals surface area (Å²) in [7, 11) is 0. The van der Waals surface area contributed by atoms with Crippen LogP contribution in [-0.2, 0) is 25.9 Å². The Kier molecular flexibility index (Phi) is 6.16. The zero-order valence-electron chi connectivity index (χ0n) is 15.1. The second-order valence-corrected chi connectivity index (χ2v) is 7.61. The fourth-order valence-corrected chi connectivity index (χ4v) is 4.23. The molecule has 0 atom stereocenters. The molecule has 0 bridgehead atoms. The number of carbonyl (C=O) groups excluding carboxylic acids is 1. The minimum atomic E-state index is -4.26. The van der Waals surface area contributed by atoms with E-state index in [1.54, 1.807) is 5.38 Å². The number of nitrogens with zero attached hydrogens (tertiary/aromatic N) is 2. The third kappa shape index (κ3) is 5.29. The standard InChI is InChI=1S/C19H22F3N3OS/c1-2-13-3-4-14(24-9-13)10-25-8-5-15-16(12-27-17(15)11-25)18(26)23-7-6-19(20,21)22/h3-4,9,12H,2,5-8,10-11H2,1H3,(H,23,26). The summed E-state index contributed by atoms with van der Waals surface area (Å²) in [4.78, 5) is 20.1. The van der Waals surface area contributed by atoms with E-state index in [9.17, 15) is 18.0 Å². The van der Waals surface area contributed by atoms with Crippen LogP contribution in [0.4, 0.5) is 13.2 Å². The topological polar surface area (TPSA) is 45.2 Å². The zero-order chi connectivity index (χ0) is 19.4. The van der Waals surface area contributed by atoms with E-state index >= 15 is 0 Å². The smallest absolute Gasteiger partial charge is 0.352 e. The van der Waals surface area contributed by atoms with Crippen molar-refractivity contribution in [3.63, 3.8) is 0 Å². The van der Waals surface area contributed by atoms with Gasteiger partial charge in [0.2, 0.25) is 0 Å². The number of thiophene rings is 1. The van der Waals surface area contributed by atoms with E-state index < -0.39 is 25.0 Å². The summed E-state index contributed by atoms with van der Waals surface area (Å²) < 4.78 is 36.7. The number of nitrogens with one attached hydrogen (secondary N) is 1. The second-order valence-electron chi connectivity index (χ2n) is 6.64. The maximum Gasteiger partial charge on any atom is 0.390 e. The Morgan fingerprint density at radius 1 is 1.37 bits per heavy atom. The van der Waals surface area contributed by atoms with Crippen molar-refractivity contribution < 1.29 is 18.0 Å². The molecule has 1 aliphatic rings. The number of rotatable bonds is 6. The molecule has 0 unspecified atom stereocenters. The van der Waals surface area contributed by atoms with Crippen LogP contribution >= 0.6 is 11.3 Å². The highest BCUT2D eigenvalue weighted by Crippen LogP contribution is 2.29. The first-order chi connectivity index (χ1) is 12.9. The van der Waals surface area contributed by atoms with Crippen LogP contribution in [0.3, 0.4) is 0 Å². The van der Waals surface area contributed by atoms with Crippen molar-refractivity contribution in [2.75, 3.05) is 13.1 Å². The molecule has 0 aliphatic carbocycles. The summed E-state index contributed by atoms with van der Waals surface area (Å²) in [5.41, 5.74) is 3.70. The normalized spacial score (nSPS) is 14.8. The molecule has 1 amide bonds. The number of alkyl halides is 3. The fourth-order valence-electron chi connectivity index (χ4n) is 3.11. The van der Waals surface area contributed by atoms with Gasteiger partial charge in [0.1, 0.15) is 0 Å². The van der Waals surface area contributed by atoms with E-state index in [0.717, 1.165) is 42.2 Å². The lowest BCUT2D eigenvalue weighted by Gasteiger charge is -2.27. The molecular formula is C19H22F3N3OS. The van der Waals surface area contributed by atoms with Crippen LogP contribution in [-0.4, -0.2) is 35.1 Å². The summed E-state index contributed by atoms with van der Waals surface area (Å²) in [6.07, 6.45) is -1.69. The van der Waals surface area contributed by atoms with Crippen LogP contribution in [0.1, 0.15) is 45.4 Å². The molecule has 3 heterocycles. The number of fused-ring (bicyclic) bond motifs is 1. The molecule has 0 radical (unpaired) electrons. The summed E-state index contributed by atoms with van der Waals surface area (Å²) in [6, 6.07) is 4.13. The van der Waals surface area contributed by atoms with Crippen molar-refractivity contribution in [1.82, 2.24) is 15.2 Å². The molecule has 1 aliphatic heterocycles. The Morgan fingerprint density at radius 3 is 2.85 bits per heavy atom. The number of hydrogen-bond acceptors (Lipinski definition) is 4. The number of aryl methyl sites for hydroxylation is 1. The van der Waals surface area contributed by atoms with E-state index in [1.807, 2.05) is 12.3 Å². The molecule has 0 saturated heterocycles. The number of amides is 1. The maximum atomic E-state index is 12.2. The van der Waals surface area contributed by atoms with Gasteiger partial charge in [-0.1, -0.05) is 13.0 Å². The minimum absolute atomic E-state index is 0.390. The first kappa shape index (κ1) is 19.8. The molecule has 0 fully saturated rings. The van der Waals surface area contributed by atoms with Gasteiger partial charge < -0.3 is 5.32 Å². The number of halogens is 3. The lowest BCUT2D eigenvalue weighted by atomic mass is 10.0. The van der Waals surface area contributed by atoms with Gasteiger partial charge >= 0.3 is 6.18 Å². The van der Waals surface area contributed by atoms with E-state index in [0.29, 0.717) is 12.0 Å². The van der Waals surface area contributed by atoms with Gasteiger partial charge in [-0.2, -0.15) is 13.2 Å². The Morgan fingerprint density at radius 2 is 2.19 bits per heavy atom. The van der Waals surface area contributed by atoms with Crippen LogP contribution < -0.4 is 5.32 Å². The fraction of sp³-hybridized carbons (Fsp3) is 0.474. The molecule has 146 valence electrons. The van der Waals surface area contributed by atoms with Crippen molar-refractivity contribution in [2.24, 2.45) is 0 Å². The van der Waals surface area contributed by atoms with Crippen molar-refractivity contribution in [1.29, 1.82) is 0 Å². The molecule has 3 rings (SSSR count). The highest BCUT2D eigenvalue weighted by molar-refractivity contribution is 7.10. The van der Waals surface area contributed by atoms with Crippen LogP contribution in [0.25, 0.3) is 0 Å². The lowest BCUT2D eigenvalue weighted by Crippen LogP contribution is -2.32.